The van der Waals surface area contributed by atoms with Crippen LogP contribution in [-0.2, 0) is 4.79 Å². The maximum absolute atomic E-state index is 12.4. The van der Waals surface area contributed by atoms with Crippen LogP contribution in [-0.4, -0.2) is 35.1 Å². The molecule has 2 N–H and O–H groups in total. The van der Waals surface area contributed by atoms with Crippen molar-refractivity contribution in [1.82, 2.24) is 15.3 Å². The van der Waals surface area contributed by atoms with Gasteiger partial charge in [0.1, 0.15) is 5.82 Å². The van der Waals surface area contributed by atoms with E-state index in [4.69, 9.17) is 4.74 Å². The zero-order chi connectivity index (χ0) is 15.9. The maximum atomic E-state index is 12.4. The van der Waals surface area contributed by atoms with Gasteiger partial charge in [-0.2, -0.15) is 4.98 Å². The third-order valence-electron chi connectivity index (χ3n) is 5.69. The molecule has 4 aliphatic rings. The van der Waals surface area contributed by atoms with Crippen molar-refractivity contribution in [2.75, 3.05) is 19.0 Å². The molecule has 1 aromatic heterocycles. The Morgan fingerprint density at radius 3 is 2.52 bits per heavy atom. The zero-order valence-corrected chi connectivity index (χ0v) is 13.5. The first-order valence-corrected chi connectivity index (χ1v) is 8.56. The molecular weight excluding hydrogens is 292 g/mol. The molecule has 23 heavy (non-hydrogen) atoms. The lowest BCUT2D eigenvalue weighted by Crippen LogP contribution is -2.60. The van der Waals surface area contributed by atoms with Gasteiger partial charge < -0.3 is 15.4 Å². The van der Waals surface area contributed by atoms with Crippen LogP contribution in [0.25, 0.3) is 0 Å². The van der Waals surface area contributed by atoms with Crippen molar-refractivity contribution in [3.05, 3.63) is 12.3 Å². The number of nitrogens with zero attached hydrogens (tertiary/aromatic N) is 2. The second-order valence-corrected chi connectivity index (χ2v) is 7.53. The molecule has 0 radical (unpaired) electrons. The number of aromatic nitrogens is 2. The van der Waals surface area contributed by atoms with Crippen molar-refractivity contribution < 1.29 is 9.53 Å². The van der Waals surface area contributed by atoms with Gasteiger partial charge >= 0.3 is 6.01 Å². The molecule has 4 aliphatic carbocycles. The van der Waals surface area contributed by atoms with Gasteiger partial charge in [-0.05, 0) is 62.3 Å². The van der Waals surface area contributed by atoms with Crippen molar-refractivity contribution in [3.63, 3.8) is 0 Å². The fraction of sp³-hybridized carbons (Fsp3) is 0.706. The molecule has 0 spiro atoms. The van der Waals surface area contributed by atoms with Crippen LogP contribution in [0.4, 0.5) is 5.82 Å². The molecule has 0 saturated heterocycles. The SMILES string of the molecule is COc1nccc(NCC(=O)NC23CC4CC(CC(C4)C2)C3)n1. The number of rotatable bonds is 5. The molecule has 1 aromatic rings. The summed E-state index contributed by atoms with van der Waals surface area (Å²) in [5.74, 6) is 3.17. The van der Waals surface area contributed by atoms with Crippen molar-refractivity contribution in [2.45, 2.75) is 44.1 Å². The summed E-state index contributed by atoms with van der Waals surface area (Å²) in [6.07, 6.45) is 9.28. The van der Waals surface area contributed by atoms with Crippen LogP contribution < -0.4 is 15.4 Å². The lowest BCUT2D eigenvalue weighted by Gasteiger charge is -2.56. The lowest BCUT2D eigenvalue weighted by molar-refractivity contribution is -0.125. The van der Waals surface area contributed by atoms with Gasteiger partial charge in [0.25, 0.3) is 0 Å². The molecule has 4 saturated carbocycles. The van der Waals surface area contributed by atoms with E-state index in [0.29, 0.717) is 11.8 Å². The van der Waals surface area contributed by atoms with Gasteiger partial charge in [-0.15, -0.1) is 0 Å². The second-order valence-electron chi connectivity index (χ2n) is 7.53. The van der Waals surface area contributed by atoms with Gasteiger partial charge in [-0.3, -0.25) is 4.79 Å². The number of ether oxygens (including phenoxy) is 1. The van der Waals surface area contributed by atoms with Gasteiger partial charge in [-0.25, -0.2) is 4.98 Å². The predicted octanol–water partition coefficient (Wildman–Crippen LogP) is 1.98. The number of anilines is 1. The number of hydrogen-bond donors (Lipinski definition) is 2. The second kappa shape index (κ2) is 5.65. The molecule has 5 rings (SSSR count). The third kappa shape index (κ3) is 2.99. The first-order valence-electron chi connectivity index (χ1n) is 8.56. The number of hydrogen-bond acceptors (Lipinski definition) is 5. The highest BCUT2D eigenvalue weighted by atomic mass is 16.5. The molecule has 6 heteroatoms. The van der Waals surface area contributed by atoms with E-state index >= 15 is 0 Å². The number of carbonyl (C=O) groups is 1. The van der Waals surface area contributed by atoms with Gasteiger partial charge in [-0.1, -0.05) is 0 Å². The molecule has 124 valence electrons. The molecule has 0 aromatic carbocycles. The number of nitrogens with one attached hydrogen (secondary N) is 2. The van der Waals surface area contributed by atoms with Crippen LogP contribution in [0.3, 0.4) is 0 Å². The molecular formula is C17H24N4O2. The minimum atomic E-state index is 0.0597. The largest absolute Gasteiger partial charge is 0.467 e. The molecule has 6 nitrogen and oxygen atoms in total. The highest BCUT2D eigenvalue weighted by Gasteiger charge is 2.51. The van der Waals surface area contributed by atoms with Crippen molar-refractivity contribution in [3.8, 4) is 6.01 Å². The fourth-order valence-electron chi connectivity index (χ4n) is 5.31. The molecule has 4 fully saturated rings. The van der Waals surface area contributed by atoms with Crippen molar-refractivity contribution in [1.29, 1.82) is 0 Å². The standard InChI is InChI=1S/C17H24N4O2/c1-23-16-18-3-2-14(20-16)19-10-15(22)21-17-7-11-4-12(8-17)6-13(5-11)9-17/h2-3,11-13H,4-10H2,1H3,(H,21,22)(H,18,19,20). The van der Waals surface area contributed by atoms with Crippen LogP contribution in [0.15, 0.2) is 12.3 Å². The Kier molecular flexibility index (Phi) is 3.62. The Hall–Kier alpha value is -1.85. The van der Waals surface area contributed by atoms with E-state index in [-0.39, 0.29) is 18.0 Å². The summed E-state index contributed by atoms with van der Waals surface area (Å²) < 4.78 is 4.99. The number of methoxy groups -OCH3 is 1. The average molecular weight is 316 g/mol. The van der Waals surface area contributed by atoms with E-state index in [2.05, 4.69) is 20.6 Å². The van der Waals surface area contributed by atoms with Gasteiger partial charge in [0, 0.05) is 11.7 Å². The van der Waals surface area contributed by atoms with Crippen LogP contribution in [0, 0.1) is 17.8 Å². The molecule has 0 unspecified atom stereocenters. The summed E-state index contributed by atoms with van der Waals surface area (Å²) in [5.41, 5.74) is 0.0663. The Balaban J connectivity index is 1.35. The van der Waals surface area contributed by atoms with E-state index in [1.165, 1.54) is 45.6 Å². The first kappa shape index (κ1) is 14.7. The summed E-state index contributed by atoms with van der Waals surface area (Å²) >= 11 is 0. The van der Waals surface area contributed by atoms with Crippen LogP contribution in [0.1, 0.15) is 38.5 Å². The normalized spacial score (nSPS) is 34.2. The zero-order valence-electron chi connectivity index (χ0n) is 13.5. The highest BCUT2D eigenvalue weighted by molar-refractivity contribution is 5.81. The minimum Gasteiger partial charge on any atom is -0.467 e. The van der Waals surface area contributed by atoms with E-state index < -0.39 is 0 Å². The Labute approximate surface area is 136 Å². The molecule has 0 aliphatic heterocycles. The van der Waals surface area contributed by atoms with E-state index in [1.54, 1.807) is 12.3 Å². The van der Waals surface area contributed by atoms with Crippen LogP contribution in [0.2, 0.25) is 0 Å². The topological polar surface area (TPSA) is 76.1 Å². The van der Waals surface area contributed by atoms with E-state index in [1.807, 2.05) is 0 Å². The highest BCUT2D eigenvalue weighted by Crippen LogP contribution is 2.55. The Morgan fingerprint density at radius 2 is 1.91 bits per heavy atom. The average Bonchev–Trinajstić information content (AvgIpc) is 2.51. The summed E-state index contributed by atoms with van der Waals surface area (Å²) in [4.78, 5) is 20.5. The summed E-state index contributed by atoms with van der Waals surface area (Å²) in [6.45, 7) is 0.238. The summed E-state index contributed by atoms with van der Waals surface area (Å²) in [5, 5.41) is 6.41. The van der Waals surface area contributed by atoms with Crippen LogP contribution >= 0.6 is 0 Å². The molecule has 0 atom stereocenters. The van der Waals surface area contributed by atoms with E-state index in [9.17, 15) is 4.79 Å². The Bertz CT molecular complexity index is 569. The van der Waals surface area contributed by atoms with Crippen LogP contribution in [0.5, 0.6) is 6.01 Å². The molecule has 4 bridgehead atoms. The van der Waals surface area contributed by atoms with Crippen molar-refractivity contribution >= 4 is 11.7 Å². The molecule has 1 heterocycles. The lowest BCUT2D eigenvalue weighted by atomic mass is 9.53. The van der Waals surface area contributed by atoms with Gasteiger partial charge in [0.15, 0.2) is 0 Å². The quantitative estimate of drug-likeness (QED) is 0.869. The monoisotopic (exact) mass is 316 g/mol. The summed E-state index contributed by atoms with van der Waals surface area (Å²) in [7, 11) is 1.53. The Morgan fingerprint density at radius 1 is 1.26 bits per heavy atom. The smallest absolute Gasteiger partial charge is 0.318 e. The first-order chi connectivity index (χ1) is 11.1. The third-order valence-corrected chi connectivity index (χ3v) is 5.69. The van der Waals surface area contributed by atoms with E-state index in [0.717, 1.165) is 17.8 Å². The minimum absolute atomic E-state index is 0.0597. The maximum Gasteiger partial charge on any atom is 0.318 e. The number of carbonyl (C=O) groups excluding carboxylic acids is 1. The summed E-state index contributed by atoms with van der Waals surface area (Å²) in [6, 6.07) is 2.04. The predicted molar refractivity (Wildman–Crippen MR) is 86.1 cm³/mol. The fourth-order valence-corrected chi connectivity index (χ4v) is 5.31. The number of amides is 1. The molecule has 1 amide bonds. The van der Waals surface area contributed by atoms with Gasteiger partial charge in [0.2, 0.25) is 5.91 Å². The van der Waals surface area contributed by atoms with Gasteiger partial charge in [0.05, 0.1) is 13.7 Å². The van der Waals surface area contributed by atoms with Crippen molar-refractivity contribution in [2.24, 2.45) is 17.8 Å².